The van der Waals surface area contributed by atoms with Gasteiger partial charge in [-0.2, -0.15) is 0 Å². The smallest absolute Gasteiger partial charge is 0.408 e. The summed E-state index contributed by atoms with van der Waals surface area (Å²) in [6.07, 6.45) is -0.419. The average Bonchev–Trinajstić information content (AvgIpc) is 2.13. The van der Waals surface area contributed by atoms with Gasteiger partial charge in [0.25, 0.3) is 0 Å². The van der Waals surface area contributed by atoms with E-state index in [1.807, 2.05) is 0 Å². The highest BCUT2D eigenvalue weighted by Crippen LogP contribution is 2.06. The molecule has 0 fully saturated rings. The van der Waals surface area contributed by atoms with Gasteiger partial charge >= 0.3 is 6.09 Å². The third-order valence-electron chi connectivity index (χ3n) is 1.74. The van der Waals surface area contributed by atoms with Crippen molar-refractivity contribution in [3.8, 4) is 0 Å². The molecule has 6 nitrogen and oxygen atoms in total. The molecule has 0 aliphatic rings. The second-order valence-corrected chi connectivity index (χ2v) is 6.99. The summed E-state index contributed by atoms with van der Waals surface area (Å²) in [5.74, 6) is -0.487. The number of carbonyl (C=O) groups is 2. The Bertz CT molecular complexity index is 369. The summed E-state index contributed by atoms with van der Waals surface area (Å²) in [6.45, 7) is 6.49. The highest BCUT2D eigenvalue weighted by atomic mass is 32.2. The van der Waals surface area contributed by atoms with Crippen molar-refractivity contribution < 1.29 is 22.7 Å². The van der Waals surface area contributed by atoms with E-state index in [-0.39, 0.29) is 5.75 Å². The number of nitrogens with one attached hydrogen (secondary N) is 1. The van der Waals surface area contributed by atoms with Crippen LogP contribution in [0.2, 0.25) is 0 Å². The van der Waals surface area contributed by atoms with E-state index in [2.05, 4.69) is 5.32 Å². The molecule has 0 saturated heterocycles. The van der Waals surface area contributed by atoms with Crippen molar-refractivity contribution in [3.05, 3.63) is 0 Å². The third kappa shape index (κ3) is 7.73. The molecule has 0 heterocycles. The Morgan fingerprint density at radius 3 is 2.29 bits per heavy atom. The Morgan fingerprint density at radius 2 is 1.94 bits per heavy atom. The van der Waals surface area contributed by atoms with Gasteiger partial charge in [-0.1, -0.05) is 6.92 Å². The van der Waals surface area contributed by atoms with Gasteiger partial charge in [-0.05, 0) is 20.8 Å². The molecule has 0 aromatic carbocycles. The molecule has 0 aliphatic carbocycles. The highest BCUT2D eigenvalue weighted by molar-refractivity contribution is 7.91. The summed E-state index contributed by atoms with van der Waals surface area (Å²) >= 11 is 0. The maximum absolute atomic E-state index is 11.3. The van der Waals surface area contributed by atoms with Gasteiger partial charge in [0, 0.05) is 5.75 Å². The minimum atomic E-state index is -3.32. The summed E-state index contributed by atoms with van der Waals surface area (Å²) in [5, 5.41) is 2.21. The van der Waals surface area contributed by atoms with Crippen molar-refractivity contribution in [2.75, 3.05) is 11.5 Å². The van der Waals surface area contributed by atoms with E-state index >= 15 is 0 Å². The van der Waals surface area contributed by atoms with E-state index in [0.29, 0.717) is 6.29 Å². The fourth-order valence-electron chi connectivity index (χ4n) is 0.965. The highest BCUT2D eigenvalue weighted by Gasteiger charge is 2.22. The monoisotopic (exact) mass is 265 g/mol. The van der Waals surface area contributed by atoms with Crippen LogP contribution in [0, 0.1) is 0 Å². The van der Waals surface area contributed by atoms with Crippen LogP contribution in [0.15, 0.2) is 0 Å². The van der Waals surface area contributed by atoms with E-state index in [9.17, 15) is 18.0 Å². The molecule has 0 unspecified atom stereocenters. The van der Waals surface area contributed by atoms with Crippen molar-refractivity contribution in [2.24, 2.45) is 0 Å². The van der Waals surface area contributed by atoms with Gasteiger partial charge in [-0.15, -0.1) is 0 Å². The van der Waals surface area contributed by atoms with Crippen LogP contribution in [-0.4, -0.2) is 43.9 Å². The summed E-state index contributed by atoms with van der Waals surface area (Å²) in [7, 11) is -3.32. The normalized spacial score (nSPS) is 13.9. The van der Waals surface area contributed by atoms with Crippen LogP contribution in [0.4, 0.5) is 4.79 Å². The van der Waals surface area contributed by atoms with Crippen LogP contribution in [0.25, 0.3) is 0 Å². The molecule has 0 bridgehead atoms. The van der Waals surface area contributed by atoms with E-state index in [4.69, 9.17) is 4.74 Å². The number of ether oxygens (including phenoxy) is 1. The van der Waals surface area contributed by atoms with Gasteiger partial charge in [0.05, 0.1) is 5.75 Å². The average molecular weight is 265 g/mol. The second-order valence-electron chi connectivity index (χ2n) is 4.59. The molecule has 1 N–H and O–H groups in total. The minimum Gasteiger partial charge on any atom is -0.444 e. The van der Waals surface area contributed by atoms with E-state index in [0.717, 1.165) is 0 Å². The Labute approximate surface area is 102 Å². The zero-order valence-corrected chi connectivity index (χ0v) is 11.3. The lowest BCUT2D eigenvalue weighted by Crippen LogP contribution is -2.43. The number of hydrogen-bond acceptors (Lipinski definition) is 5. The fourth-order valence-corrected chi connectivity index (χ4v) is 1.91. The number of carbonyl (C=O) groups excluding carboxylic acids is 2. The molecule has 100 valence electrons. The first kappa shape index (κ1) is 15.9. The van der Waals surface area contributed by atoms with E-state index in [1.165, 1.54) is 6.92 Å². The second kappa shape index (κ2) is 6.00. The lowest BCUT2D eigenvalue weighted by molar-refractivity contribution is -0.109. The predicted molar refractivity (Wildman–Crippen MR) is 63.5 cm³/mol. The lowest BCUT2D eigenvalue weighted by Gasteiger charge is -2.21. The number of aldehydes is 1. The van der Waals surface area contributed by atoms with Crippen molar-refractivity contribution in [3.63, 3.8) is 0 Å². The van der Waals surface area contributed by atoms with Crippen LogP contribution >= 0.6 is 0 Å². The number of rotatable bonds is 5. The van der Waals surface area contributed by atoms with Crippen LogP contribution in [0.3, 0.4) is 0 Å². The van der Waals surface area contributed by atoms with Crippen molar-refractivity contribution in [2.45, 2.75) is 39.3 Å². The van der Waals surface area contributed by atoms with Crippen LogP contribution in [0.1, 0.15) is 27.7 Å². The van der Waals surface area contributed by atoms with Crippen LogP contribution in [-0.2, 0) is 19.4 Å². The van der Waals surface area contributed by atoms with Gasteiger partial charge in [0.15, 0.2) is 9.84 Å². The molecule has 17 heavy (non-hydrogen) atoms. The van der Waals surface area contributed by atoms with Crippen molar-refractivity contribution >= 4 is 22.2 Å². The molecule has 7 heteroatoms. The lowest BCUT2D eigenvalue weighted by atomic mass is 10.2. The summed E-state index contributed by atoms with van der Waals surface area (Å²) in [6, 6.07) is -1.07. The van der Waals surface area contributed by atoms with Crippen molar-refractivity contribution in [1.29, 1.82) is 0 Å². The van der Waals surface area contributed by atoms with Gasteiger partial charge < -0.3 is 14.8 Å². The molecular weight excluding hydrogens is 246 g/mol. The largest absolute Gasteiger partial charge is 0.444 e. The molecule has 0 aromatic rings. The van der Waals surface area contributed by atoms with Crippen LogP contribution in [0.5, 0.6) is 0 Å². The Hall–Kier alpha value is -1.11. The standard InChI is InChI=1S/C10H19NO5S/c1-5-17(14,15)7-8(6-12)11-9(13)16-10(2,3)4/h6,8H,5,7H2,1-4H3,(H,11,13)/t8-/m1/s1. The van der Waals surface area contributed by atoms with Gasteiger partial charge in [-0.25, -0.2) is 13.2 Å². The summed E-state index contributed by atoms with van der Waals surface area (Å²) in [4.78, 5) is 22.0. The molecule has 0 aromatic heterocycles. The zero-order chi connectivity index (χ0) is 13.7. The molecule has 0 aliphatic heterocycles. The SMILES string of the molecule is CCS(=O)(=O)C[C@@H](C=O)NC(=O)OC(C)(C)C. The summed E-state index contributed by atoms with van der Waals surface area (Å²) in [5.41, 5.74) is -0.693. The summed E-state index contributed by atoms with van der Waals surface area (Å²) < 4.78 is 27.5. The van der Waals surface area contributed by atoms with E-state index in [1.54, 1.807) is 20.8 Å². The molecule has 0 radical (unpaired) electrons. The first-order valence-electron chi connectivity index (χ1n) is 5.25. The molecular formula is C10H19NO5S. The quantitative estimate of drug-likeness (QED) is 0.732. The minimum absolute atomic E-state index is 0.0761. The molecule has 0 saturated carbocycles. The van der Waals surface area contributed by atoms with Gasteiger partial charge in [0.2, 0.25) is 0 Å². The van der Waals surface area contributed by atoms with E-state index < -0.39 is 33.3 Å². The molecule has 0 spiro atoms. The van der Waals surface area contributed by atoms with Crippen molar-refractivity contribution in [1.82, 2.24) is 5.32 Å². The number of amides is 1. The first-order valence-corrected chi connectivity index (χ1v) is 7.07. The third-order valence-corrected chi connectivity index (χ3v) is 3.49. The number of hydrogen-bond donors (Lipinski definition) is 1. The van der Waals surface area contributed by atoms with Crippen LogP contribution < -0.4 is 5.32 Å². The van der Waals surface area contributed by atoms with Gasteiger partial charge in [-0.3, -0.25) is 0 Å². The van der Waals surface area contributed by atoms with Gasteiger partial charge in [0.1, 0.15) is 17.9 Å². The zero-order valence-electron chi connectivity index (χ0n) is 10.5. The first-order chi connectivity index (χ1) is 7.59. The molecule has 1 atom stereocenters. The molecule has 1 amide bonds. The maximum atomic E-state index is 11.3. The fraction of sp³-hybridized carbons (Fsp3) is 0.800. The predicted octanol–water partition coefficient (Wildman–Crippen LogP) is 0.513. The number of sulfone groups is 1. The molecule has 0 rings (SSSR count). The number of alkyl carbamates (subject to hydrolysis) is 1. The Kier molecular flexibility index (Phi) is 5.60. The Morgan fingerprint density at radius 1 is 1.41 bits per heavy atom. The topological polar surface area (TPSA) is 89.5 Å². The maximum Gasteiger partial charge on any atom is 0.408 e. The Balaban J connectivity index is 4.43.